The predicted octanol–water partition coefficient (Wildman–Crippen LogP) is 5.97. The van der Waals surface area contributed by atoms with Gasteiger partial charge < -0.3 is 19.7 Å². The van der Waals surface area contributed by atoms with E-state index in [0.717, 1.165) is 42.7 Å². The molecule has 7 nitrogen and oxygen atoms in total. The third-order valence-electron chi connectivity index (χ3n) is 7.02. The summed E-state index contributed by atoms with van der Waals surface area (Å²) < 4.78 is 11.0. The highest BCUT2D eigenvalue weighted by Gasteiger charge is 2.41. The number of rotatable bonds is 11. The second-order valence-corrected chi connectivity index (χ2v) is 9.94. The van der Waals surface area contributed by atoms with Gasteiger partial charge in [0.15, 0.2) is 0 Å². The van der Waals surface area contributed by atoms with Crippen LogP contribution in [0.2, 0.25) is 0 Å². The minimum atomic E-state index is -0.514. The molecule has 34 heavy (non-hydrogen) atoms. The molecular weight excluding hydrogens is 428 g/mol. The zero-order valence-electron chi connectivity index (χ0n) is 20.8. The van der Waals surface area contributed by atoms with Gasteiger partial charge in [0.2, 0.25) is 0 Å². The van der Waals surface area contributed by atoms with Gasteiger partial charge in [0.05, 0.1) is 36.1 Å². The van der Waals surface area contributed by atoms with Crippen LogP contribution in [0.4, 0.5) is 17.1 Å². The Balaban J connectivity index is 1.72. The number of benzene rings is 1. The number of hydrogen-bond acceptors (Lipinski definition) is 7. The number of carbonyl (C=O) groups excluding carboxylic acids is 1. The summed E-state index contributed by atoms with van der Waals surface area (Å²) in [6.07, 6.45) is 12.6. The van der Waals surface area contributed by atoms with Crippen LogP contribution >= 0.6 is 0 Å². The minimum Gasteiger partial charge on any atom is -0.464 e. The lowest BCUT2D eigenvalue weighted by molar-refractivity contribution is -0.155. The first-order chi connectivity index (χ1) is 16.5. The van der Waals surface area contributed by atoms with E-state index in [1.807, 2.05) is 6.92 Å². The van der Waals surface area contributed by atoms with Gasteiger partial charge >= 0.3 is 6.01 Å². The number of hydrogen-bond donors (Lipinski definition) is 1. The van der Waals surface area contributed by atoms with E-state index in [2.05, 4.69) is 52.2 Å². The molecule has 2 aliphatic carbocycles. The van der Waals surface area contributed by atoms with Crippen molar-refractivity contribution in [2.45, 2.75) is 83.8 Å². The second-order valence-electron chi connectivity index (χ2n) is 9.94. The molecule has 1 aromatic carbocycles. The third-order valence-corrected chi connectivity index (χ3v) is 7.02. The van der Waals surface area contributed by atoms with Crippen LogP contribution in [0.1, 0.15) is 77.7 Å². The molecule has 0 atom stereocenters. The lowest BCUT2D eigenvalue weighted by Gasteiger charge is -2.42. The highest BCUT2D eigenvalue weighted by molar-refractivity contribution is 5.76. The van der Waals surface area contributed by atoms with E-state index in [1.54, 1.807) is 12.4 Å². The van der Waals surface area contributed by atoms with Crippen molar-refractivity contribution in [1.29, 1.82) is 0 Å². The number of anilines is 3. The zero-order valence-corrected chi connectivity index (χ0v) is 20.8. The van der Waals surface area contributed by atoms with Crippen LogP contribution in [0.15, 0.2) is 30.6 Å². The molecule has 2 saturated carbocycles. The number of aromatic nitrogens is 2. The second kappa shape index (κ2) is 11.1. The first-order valence-electron chi connectivity index (χ1n) is 12.8. The Hall–Kier alpha value is -2.83. The fraction of sp³-hybridized carbons (Fsp3) is 0.593. The van der Waals surface area contributed by atoms with Crippen LogP contribution in [-0.4, -0.2) is 35.6 Å². The highest BCUT2D eigenvalue weighted by Crippen LogP contribution is 2.47. The zero-order chi connectivity index (χ0) is 24.0. The molecule has 0 unspecified atom stereocenters. The molecule has 0 spiro atoms. The molecule has 2 aliphatic rings. The number of carbonyl (C=O) groups is 1. The molecule has 1 heterocycles. The molecule has 2 fully saturated rings. The summed E-state index contributed by atoms with van der Waals surface area (Å²) in [4.78, 5) is 22.5. The molecule has 1 aromatic heterocycles. The van der Waals surface area contributed by atoms with Crippen molar-refractivity contribution >= 4 is 23.5 Å². The van der Waals surface area contributed by atoms with Gasteiger partial charge in [-0.3, -0.25) is 4.79 Å². The molecule has 0 amide bonds. The molecule has 1 N–H and O–H groups in total. The summed E-state index contributed by atoms with van der Waals surface area (Å²) in [5.74, 6) is 0.541. The first kappa shape index (κ1) is 24.3. The smallest absolute Gasteiger partial charge is 0.316 e. The van der Waals surface area contributed by atoms with Crippen molar-refractivity contribution in [2.24, 2.45) is 5.92 Å². The van der Waals surface area contributed by atoms with Gasteiger partial charge in [0, 0.05) is 12.6 Å². The Labute approximate surface area is 203 Å². The van der Waals surface area contributed by atoms with Gasteiger partial charge in [-0.2, -0.15) is 0 Å². The summed E-state index contributed by atoms with van der Waals surface area (Å²) in [7, 11) is 0. The van der Waals surface area contributed by atoms with Crippen LogP contribution in [0.3, 0.4) is 0 Å². The molecule has 2 aromatic rings. The topological polar surface area (TPSA) is 76.6 Å². The van der Waals surface area contributed by atoms with Gasteiger partial charge in [-0.15, -0.1) is 0 Å². The molecule has 0 radical (unpaired) electrons. The van der Waals surface area contributed by atoms with E-state index in [9.17, 15) is 4.79 Å². The molecule has 0 bridgehead atoms. The van der Waals surface area contributed by atoms with E-state index in [4.69, 9.17) is 9.47 Å². The molecule has 4 rings (SSSR count). The van der Waals surface area contributed by atoms with E-state index in [0.29, 0.717) is 31.0 Å². The maximum Gasteiger partial charge on any atom is 0.316 e. The largest absolute Gasteiger partial charge is 0.464 e. The maximum absolute atomic E-state index is 11.3. The van der Waals surface area contributed by atoms with Crippen molar-refractivity contribution in [3.8, 4) is 6.01 Å². The third kappa shape index (κ3) is 5.45. The molecule has 0 aliphatic heterocycles. The van der Waals surface area contributed by atoms with Crippen molar-refractivity contribution < 1.29 is 14.3 Å². The molecule has 184 valence electrons. The molecule has 0 saturated heterocycles. The monoisotopic (exact) mass is 466 g/mol. The van der Waals surface area contributed by atoms with E-state index < -0.39 is 5.60 Å². The number of nitrogens with one attached hydrogen (secondary N) is 1. The Morgan fingerprint density at radius 1 is 1.15 bits per heavy atom. The van der Waals surface area contributed by atoms with Crippen molar-refractivity contribution in [3.05, 3.63) is 36.2 Å². The van der Waals surface area contributed by atoms with Crippen LogP contribution in [0, 0.1) is 5.92 Å². The first-order valence-corrected chi connectivity index (χ1v) is 12.8. The Morgan fingerprint density at radius 2 is 1.88 bits per heavy atom. The fourth-order valence-corrected chi connectivity index (χ4v) is 5.20. The van der Waals surface area contributed by atoms with E-state index in [-0.39, 0.29) is 0 Å². The lowest BCUT2D eigenvalue weighted by atomic mass is 9.74. The van der Waals surface area contributed by atoms with Crippen LogP contribution in [-0.2, 0) is 15.1 Å². The van der Waals surface area contributed by atoms with Crippen LogP contribution < -0.4 is 15.0 Å². The van der Waals surface area contributed by atoms with Crippen molar-refractivity contribution in [3.63, 3.8) is 0 Å². The standard InChI is InChI=1S/C27H38N4O3/c1-4-33-26-28-16-22(17-29-26)30-24-15-21(27(34-19-32)13-8-14-27)11-12-25(24)31(18-20(2)3)23-9-6-5-7-10-23/h11-12,15-17,19-20,23,30H,4-10,13-14,18H2,1-3H3. The van der Waals surface area contributed by atoms with E-state index >= 15 is 0 Å². The van der Waals surface area contributed by atoms with Crippen LogP contribution in [0.5, 0.6) is 6.01 Å². The van der Waals surface area contributed by atoms with Crippen LogP contribution in [0.25, 0.3) is 0 Å². The Morgan fingerprint density at radius 3 is 2.47 bits per heavy atom. The van der Waals surface area contributed by atoms with Gasteiger partial charge in [-0.1, -0.05) is 39.2 Å². The fourth-order valence-electron chi connectivity index (χ4n) is 5.20. The summed E-state index contributed by atoms with van der Waals surface area (Å²) in [6, 6.07) is 7.41. The lowest BCUT2D eigenvalue weighted by Crippen LogP contribution is -2.40. The average molecular weight is 467 g/mol. The molecule has 7 heteroatoms. The number of ether oxygens (including phenoxy) is 2. The summed E-state index contributed by atoms with van der Waals surface area (Å²) >= 11 is 0. The van der Waals surface area contributed by atoms with E-state index in [1.165, 1.54) is 37.8 Å². The normalized spacial score (nSPS) is 17.6. The highest BCUT2D eigenvalue weighted by atomic mass is 16.5. The number of nitrogens with zero attached hydrogens (tertiary/aromatic N) is 3. The average Bonchev–Trinajstić information content (AvgIpc) is 2.82. The van der Waals surface area contributed by atoms with Gasteiger partial charge in [-0.25, -0.2) is 9.97 Å². The van der Waals surface area contributed by atoms with Crippen molar-refractivity contribution in [2.75, 3.05) is 23.4 Å². The van der Waals surface area contributed by atoms with Gasteiger partial charge in [0.25, 0.3) is 6.47 Å². The Bertz CT molecular complexity index is 937. The SMILES string of the molecule is CCOc1ncc(Nc2cc(C3(OC=O)CCC3)ccc2N(CC(C)C)C2CCCCC2)cn1. The van der Waals surface area contributed by atoms with Gasteiger partial charge in [-0.05, 0) is 62.6 Å². The minimum absolute atomic E-state index is 0.374. The Kier molecular flexibility index (Phi) is 7.91. The summed E-state index contributed by atoms with van der Waals surface area (Å²) in [6.45, 7) is 8.59. The van der Waals surface area contributed by atoms with Gasteiger partial charge in [0.1, 0.15) is 5.60 Å². The summed E-state index contributed by atoms with van der Waals surface area (Å²) in [5, 5.41) is 3.57. The predicted molar refractivity (Wildman–Crippen MR) is 135 cm³/mol. The quantitative estimate of drug-likeness (QED) is 0.409. The summed E-state index contributed by atoms with van der Waals surface area (Å²) in [5.41, 5.74) is 3.50. The maximum atomic E-state index is 11.3. The van der Waals surface area contributed by atoms with Crippen molar-refractivity contribution in [1.82, 2.24) is 9.97 Å². The molecular formula is C27H38N4O3.